The van der Waals surface area contributed by atoms with Crippen LogP contribution in [0.25, 0.3) is 0 Å². The van der Waals surface area contributed by atoms with Crippen molar-refractivity contribution in [3.63, 3.8) is 0 Å². The van der Waals surface area contributed by atoms with Gasteiger partial charge in [0.1, 0.15) is 0 Å². The summed E-state index contributed by atoms with van der Waals surface area (Å²) in [6.45, 7) is 1.94. The van der Waals surface area contributed by atoms with E-state index in [1.165, 1.54) is 12.4 Å². The molecule has 10 nitrogen and oxygen atoms in total. The fraction of sp³-hybridized carbons (Fsp3) is 0.333. The van der Waals surface area contributed by atoms with Crippen molar-refractivity contribution >= 4 is 12.2 Å². The number of carbonyl (C=O) groups excluding carboxylic acids is 2. The van der Waals surface area contributed by atoms with Crippen molar-refractivity contribution in [2.75, 3.05) is 39.5 Å². The minimum Gasteiger partial charge on any atom is -0.391 e. The maximum atomic E-state index is 11.5. The van der Waals surface area contributed by atoms with Crippen molar-refractivity contribution < 1.29 is 28.5 Å². The molecule has 0 bridgehead atoms. The summed E-state index contributed by atoms with van der Waals surface area (Å²) < 4.78 is 20.5. The Balaban J connectivity index is 1.37. The smallest absolute Gasteiger partial charge is 0.391 e. The van der Waals surface area contributed by atoms with Crippen LogP contribution in [-0.2, 0) is 9.47 Å². The molecule has 2 N–H and O–H groups in total. The van der Waals surface area contributed by atoms with Crippen LogP contribution in [0, 0.1) is 0 Å². The number of hydrogen-bond acceptors (Lipinski definition) is 8. The first-order chi connectivity index (χ1) is 13.7. The molecule has 10 heteroatoms. The van der Waals surface area contributed by atoms with Crippen molar-refractivity contribution in [2.45, 2.75) is 0 Å². The quantitative estimate of drug-likeness (QED) is 0.552. The summed E-state index contributed by atoms with van der Waals surface area (Å²) in [7, 11) is 0. The molecule has 0 aromatic carbocycles. The Morgan fingerprint density at radius 3 is 1.57 bits per heavy atom. The lowest BCUT2D eigenvalue weighted by Crippen LogP contribution is -2.31. The number of ether oxygens (including phenoxy) is 4. The van der Waals surface area contributed by atoms with E-state index in [0.29, 0.717) is 39.5 Å². The summed E-state index contributed by atoms with van der Waals surface area (Å²) in [6.07, 6.45) is 1.87. The molecule has 150 valence electrons. The Morgan fingerprint density at radius 1 is 0.714 bits per heavy atom. The largest absolute Gasteiger partial charge is 0.414 e. The summed E-state index contributed by atoms with van der Waals surface area (Å²) in [6, 6.07) is 10.1. The molecule has 0 spiro atoms. The highest BCUT2D eigenvalue weighted by atomic mass is 16.6. The van der Waals surface area contributed by atoms with E-state index in [-0.39, 0.29) is 11.8 Å². The van der Waals surface area contributed by atoms with Crippen molar-refractivity contribution in [3.8, 4) is 11.8 Å². The number of pyridine rings is 2. The van der Waals surface area contributed by atoms with Gasteiger partial charge in [0.05, 0.1) is 26.4 Å². The summed E-state index contributed by atoms with van der Waals surface area (Å²) >= 11 is 0. The monoisotopic (exact) mass is 390 g/mol. The zero-order valence-corrected chi connectivity index (χ0v) is 15.2. The first kappa shape index (κ1) is 21.1. The lowest BCUT2D eigenvalue weighted by atomic mass is 10.5. The first-order valence-electron chi connectivity index (χ1n) is 8.63. The van der Waals surface area contributed by atoms with Gasteiger partial charge in [-0.3, -0.25) is 0 Å². The molecule has 0 atom stereocenters. The normalized spacial score (nSPS) is 10.1. The fourth-order valence-corrected chi connectivity index (χ4v) is 1.85. The third kappa shape index (κ3) is 9.46. The number of nitrogens with one attached hydrogen (secondary N) is 2. The molecule has 0 radical (unpaired) electrons. The molecule has 0 aliphatic rings. The molecule has 2 rings (SSSR count). The van der Waals surface area contributed by atoms with E-state index in [1.54, 1.807) is 36.4 Å². The molecular weight excluding hydrogens is 368 g/mol. The van der Waals surface area contributed by atoms with Gasteiger partial charge in [0.15, 0.2) is 0 Å². The van der Waals surface area contributed by atoms with E-state index >= 15 is 0 Å². The van der Waals surface area contributed by atoms with Crippen LogP contribution in [0.4, 0.5) is 9.59 Å². The molecule has 0 unspecified atom stereocenters. The zero-order chi connectivity index (χ0) is 19.9. The van der Waals surface area contributed by atoms with Crippen molar-refractivity contribution in [1.82, 2.24) is 20.6 Å². The van der Waals surface area contributed by atoms with Gasteiger partial charge in [-0.25, -0.2) is 19.6 Å². The number of nitrogens with zero attached hydrogens (tertiary/aromatic N) is 2. The highest BCUT2D eigenvalue weighted by molar-refractivity contribution is 5.70. The zero-order valence-electron chi connectivity index (χ0n) is 15.2. The van der Waals surface area contributed by atoms with Gasteiger partial charge in [-0.2, -0.15) is 0 Å². The van der Waals surface area contributed by atoms with Gasteiger partial charge < -0.3 is 29.6 Å². The molecule has 2 aromatic rings. The molecule has 2 amide bonds. The molecule has 0 aliphatic carbocycles. The van der Waals surface area contributed by atoms with Crippen LogP contribution >= 0.6 is 0 Å². The lowest BCUT2D eigenvalue weighted by molar-refractivity contribution is 0.0501. The van der Waals surface area contributed by atoms with Crippen LogP contribution in [-0.4, -0.2) is 61.7 Å². The van der Waals surface area contributed by atoms with E-state index in [9.17, 15) is 9.59 Å². The van der Waals surface area contributed by atoms with Crippen LogP contribution in [0.2, 0.25) is 0 Å². The third-order valence-electron chi connectivity index (χ3n) is 3.07. The van der Waals surface area contributed by atoms with Gasteiger partial charge in [-0.1, -0.05) is 12.1 Å². The van der Waals surface area contributed by atoms with E-state index in [0.717, 1.165) is 0 Å². The van der Waals surface area contributed by atoms with E-state index in [2.05, 4.69) is 20.6 Å². The second-order valence-electron chi connectivity index (χ2n) is 5.19. The van der Waals surface area contributed by atoms with Crippen molar-refractivity contribution in [3.05, 3.63) is 48.8 Å². The van der Waals surface area contributed by atoms with Crippen LogP contribution in [0.3, 0.4) is 0 Å². The maximum Gasteiger partial charge on any atom is 0.414 e. The number of carbonyl (C=O) groups is 2. The van der Waals surface area contributed by atoms with Gasteiger partial charge in [0.25, 0.3) is 0 Å². The molecule has 0 saturated carbocycles. The van der Waals surface area contributed by atoms with Gasteiger partial charge in [0, 0.05) is 37.6 Å². The Labute approximate surface area is 162 Å². The fourth-order valence-electron chi connectivity index (χ4n) is 1.85. The Kier molecular flexibility index (Phi) is 9.79. The third-order valence-corrected chi connectivity index (χ3v) is 3.07. The standard InChI is InChI=1S/C18H22N4O6/c23-17(27-15-5-1-3-7-19-15)21-9-11-25-13-14-26-12-10-22-18(24)28-16-6-2-4-8-20-16/h1-8H,9-14H2,(H,21,23)(H,22,24). The van der Waals surface area contributed by atoms with Crippen LogP contribution < -0.4 is 20.1 Å². The van der Waals surface area contributed by atoms with E-state index in [4.69, 9.17) is 18.9 Å². The van der Waals surface area contributed by atoms with Gasteiger partial charge >= 0.3 is 12.2 Å². The molecule has 0 aliphatic heterocycles. The lowest BCUT2D eigenvalue weighted by Gasteiger charge is -2.08. The van der Waals surface area contributed by atoms with Gasteiger partial charge in [-0.15, -0.1) is 0 Å². The SMILES string of the molecule is O=C(NCCOCCOCCNC(=O)Oc1ccccn1)Oc1ccccn1. The summed E-state index contributed by atoms with van der Waals surface area (Å²) in [4.78, 5) is 30.7. The molecule has 0 saturated heterocycles. The minimum atomic E-state index is -0.595. The van der Waals surface area contributed by atoms with E-state index in [1.807, 2.05) is 0 Å². The molecular formula is C18H22N4O6. The summed E-state index contributed by atoms with van der Waals surface area (Å²) in [5.41, 5.74) is 0. The Morgan fingerprint density at radius 2 is 1.18 bits per heavy atom. The average molecular weight is 390 g/mol. The number of aromatic nitrogens is 2. The number of rotatable bonds is 11. The van der Waals surface area contributed by atoms with Crippen LogP contribution in [0.15, 0.2) is 48.8 Å². The minimum absolute atomic E-state index is 0.229. The van der Waals surface area contributed by atoms with Crippen LogP contribution in [0.1, 0.15) is 0 Å². The summed E-state index contributed by atoms with van der Waals surface area (Å²) in [5, 5.41) is 5.08. The Bertz CT molecular complexity index is 640. The number of hydrogen-bond donors (Lipinski definition) is 2. The Hall–Kier alpha value is -3.24. The average Bonchev–Trinajstić information content (AvgIpc) is 2.71. The second-order valence-corrected chi connectivity index (χ2v) is 5.19. The van der Waals surface area contributed by atoms with E-state index < -0.39 is 12.2 Å². The molecule has 0 fully saturated rings. The topological polar surface area (TPSA) is 121 Å². The van der Waals surface area contributed by atoms with Gasteiger partial charge in [-0.05, 0) is 12.1 Å². The van der Waals surface area contributed by atoms with Crippen molar-refractivity contribution in [2.24, 2.45) is 0 Å². The van der Waals surface area contributed by atoms with Crippen LogP contribution in [0.5, 0.6) is 11.8 Å². The highest BCUT2D eigenvalue weighted by Gasteiger charge is 2.04. The predicted molar refractivity (Wildman–Crippen MR) is 98.2 cm³/mol. The molecule has 28 heavy (non-hydrogen) atoms. The second kappa shape index (κ2) is 13.0. The number of amides is 2. The molecule has 2 aromatic heterocycles. The van der Waals surface area contributed by atoms with Gasteiger partial charge in [0.2, 0.25) is 11.8 Å². The summed E-state index contributed by atoms with van der Waals surface area (Å²) in [5.74, 6) is 0.457. The highest BCUT2D eigenvalue weighted by Crippen LogP contribution is 2.03. The van der Waals surface area contributed by atoms with Crippen molar-refractivity contribution in [1.29, 1.82) is 0 Å². The molecule has 2 heterocycles. The first-order valence-corrected chi connectivity index (χ1v) is 8.63. The predicted octanol–water partition coefficient (Wildman–Crippen LogP) is 1.39. The maximum absolute atomic E-state index is 11.5.